The van der Waals surface area contributed by atoms with Gasteiger partial charge in [-0.05, 0) is 29.7 Å². The van der Waals surface area contributed by atoms with Crippen LogP contribution in [0, 0.1) is 0 Å². The number of nitrogens with zero attached hydrogens (tertiary/aromatic N) is 2. The summed E-state index contributed by atoms with van der Waals surface area (Å²) in [6.07, 6.45) is 1.21. The number of hydrogen-bond donors (Lipinski definition) is 3. The fraction of sp³-hybridized carbons (Fsp3) is 0.250. The van der Waals surface area contributed by atoms with Crippen molar-refractivity contribution in [1.29, 1.82) is 0 Å². The van der Waals surface area contributed by atoms with Crippen LogP contribution < -0.4 is 20.7 Å². The van der Waals surface area contributed by atoms with E-state index in [1.807, 2.05) is 72.8 Å². The zero-order valence-corrected chi connectivity index (χ0v) is 20.3. The van der Waals surface area contributed by atoms with Gasteiger partial charge in [-0.1, -0.05) is 48.5 Å². The molecule has 2 aliphatic heterocycles. The second kappa shape index (κ2) is 10.0. The number of fused-ring (bicyclic) bond motifs is 2. The second-order valence-corrected chi connectivity index (χ2v) is 9.04. The molecule has 3 N–H and O–H groups in total. The quantitative estimate of drug-likeness (QED) is 0.369. The van der Waals surface area contributed by atoms with E-state index in [2.05, 4.69) is 25.9 Å². The van der Waals surface area contributed by atoms with Crippen LogP contribution in [-0.4, -0.2) is 60.6 Å². The Morgan fingerprint density at radius 1 is 0.919 bits per heavy atom. The molecule has 4 aromatic rings. The number of rotatable bonds is 6. The summed E-state index contributed by atoms with van der Waals surface area (Å²) in [6.45, 7) is 0.777. The van der Waals surface area contributed by atoms with Crippen LogP contribution in [0.3, 0.4) is 0 Å². The Kier molecular flexibility index (Phi) is 6.30. The average molecular weight is 498 g/mol. The third kappa shape index (κ3) is 4.66. The van der Waals surface area contributed by atoms with E-state index in [1.54, 1.807) is 13.3 Å². The number of carbonyl (C=O) groups is 1. The molecule has 3 aromatic carbocycles. The maximum Gasteiger partial charge on any atom is 0.319 e. The third-order valence-electron chi connectivity index (χ3n) is 6.76. The van der Waals surface area contributed by atoms with Crippen LogP contribution in [0.15, 0.2) is 79.0 Å². The van der Waals surface area contributed by atoms with Crippen LogP contribution in [0.4, 0.5) is 16.4 Å². The molecule has 2 aliphatic rings. The van der Waals surface area contributed by atoms with E-state index in [4.69, 9.17) is 14.2 Å². The minimum Gasteiger partial charge on any atom is -0.496 e. The largest absolute Gasteiger partial charge is 0.496 e. The van der Waals surface area contributed by atoms with Gasteiger partial charge in [-0.3, -0.25) is 0 Å². The normalized spacial score (nSPS) is 22.4. The first-order chi connectivity index (χ1) is 18.2. The van der Waals surface area contributed by atoms with Crippen LogP contribution in [0.25, 0.3) is 22.0 Å². The molecule has 2 amide bonds. The predicted octanol–water partition coefficient (Wildman–Crippen LogP) is 4.07. The maximum absolute atomic E-state index is 12.8. The van der Waals surface area contributed by atoms with Crippen molar-refractivity contribution in [3.8, 4) is 17.0 Å². The number of benzene rings is 3. The van der Waals surface area contributed by atoms with Crippen LogP contribution in [0.1, 0.15) is 0 Å². The maximum atomic E-state index is 12.8. The van der Waals surface area contributed by atoms with Crippen LogP contribution in [0.2, 0.25) is 0 Å². The zero-order valence-electron chi connectivity index (χ0n) is 20.3. The molecule has 2 saturated heterocycles. The van der Waals surface area contributed by atoms with Crippen molar-refractivity contribution in [3.63, 3.8) is 0 Å². The Labute approximate surface area is 214 Å². The van der Waals surface area contributed by atoms with Crippen molar-refractivity contribution in [2.75, 3.05) is 31.0 Å². The molecule has 4 atom stereocenters. The fourth-order valence-electron chi connectivity index (χ4n) is 5.01. The van der Waals surface area contributed by atoms with Crippen molar-refractivity contribution in [2.24, 2.45) is 0 Å². The van der Waals surface area contributed by atoms with Gasteiger partial charge in [-0.15, -0.1) is 0 Å². The first-order valence-electron chi connectivity index (χ1n) is 12.2. The molecule has 37 heavy (non-hydrogen) atoms. The van der Waals surface area contributed by atoms with Crippen molar-refractivity contribution in [3.05, 3.63) is 79.0 Å². The fourth-order valence-corrected chi connectivity index (χ4v) is 5.01. The highest BCUT2D eigenvalue weighted by atomic mass is 16.6. The smallest absolute Gasteiger partial charge is 0.319 e. The lowest BCUT2D eigenvalue weighted by molar-refractivity contribution is 0.0683. The van der Waals surface area contributed by atoms with Crippen LogP contribution in [0.5, 0.6) is 5.75 Å². The summed E-state index contributed by atoms with van der Waals surface area (Å²) in [5, 5.41) is 11.4. The summed E-state index contributed by atoms with van der Waals surface area (Å²) in [6, 6.07) is 22.6. The van der Waals surface area contributed by atoms with Gasteiger partial charge in [-0.25, -0.2) is 14.8 Å². The molecular formula is C28H27N5O4. The molecule has 0 saturated carbocycles. The molecule has 188 valence electrons. The van der Waals surface area contributed by atoms with Crippen molar-refractivity contribution in [2.45, 2.75) is 24.3 Å². The van der Waals surface area contributed by atoms with Gasteiger partial charge in [0.05, 0.1) is 43.8 Å². The summed E-state index contributed by atoms with van der Waals surface area (Å²) < 4.78 is 17.6. The number of nitrogens with one attached hydrogen (secondary N) is 3. The van der Waals surface area contributed by atoms with E-state index in [1.165, 1.54) is 0 Å². The Hall–Kier alpha value is -4.21. The summed E-state index contributed by atoms with van der Waals surface area (Å²) in [7, 11) is 1.64. The minimum atomic E-state index is -0.293. The highest BCUT2D eigenvalue weighted by Gasteiger charge is 2.48. The number of aromatic nitrogens is 2. The lowest BCUT2D eigenvalue weighted by Crippen LogP contribution is -2.46. The number of methoxy groups -OCH3 is 1. The average Bonchev–Trinajstić information content (AvgIpc) is 3.52. The molecule has 3 heterocycles. The van der Waals surface area contributed by atoms with E-state index in [-0.39, 0.29) is 30.3 Å². The Morgan fingerprint density at radius 2 is 1.68 bits per heavy atom. The van der Waals surface area contributed by atoms with Gasteiger partial charge in [0.2, 0.25) is 5.95 Å². The summed E-state index contributed by atoms with van der Waals surface area (Å²) in [5.74, 6) is 1.22. The number of hydrogen-bond acceptors (Lipinski definition) is 7. The molecule has 2 fully saturated rings. The van der Waals surface area contributed by atoms with Gasteiger partial charge in [-0.2, -0.15) is 0 Å². The van der Waals surface area contributed by atoms with Gasteiger partial charge in [0.15, 0.2) is 0 Å². The summed E-state index contributed by atoms with van der Waals surface area (Å²) in [4.78, 5) is 21.9. The second-order valence-electron chi connectivity index (χ2n) is 9.04. The van der Waals surface area contributed by atoms with E-state index in [9.17, 15) is 4.79 Å². The Balaban J connectivity index is 1.10. The van der Waals surface area contributed by atoms with Gasteiger partial charge >= 0.3 is 6.03 Å². The molecule has 0 bridgehead atoms. The number of anilines is 2. The molecule has 0 aliphatic carbocycles. The lowest BCUT2D eigenvalue weighted by atomic mass is 10.1. The first-order valence-corrected chi connectivity index (χ1v) is 12.2. The van der Waals surface area contributed by atoms with Crippen LogP contribution >= 0.6 is 0 Å². The Morgan fingerprint density at radius 3 is 2.57 bits per heavy atom. The Bertz CT molecular complexity index is 1430. The number of para-hydroxylation sites is 1. The molecule has 0 radical (unpaired) electrons. The van der Waals surface area contributed by atoms with Gasteiger partial charge in [0, 0.05) is 17.1 Å². The highest BCUT2D eigenvalue weighted by Crippen LogP contribution is 2.31. The highest BCUT2D eigenvalue weighted by molar-refractivity contribution is 6.01. The molecule has 1 aromatic heterocycles. The molecule has 0 unspecified atom stereocenters. The van der Waals surface area contributed by atoms with E-state index in [0.717, 1.165) is 33.5 Å². The SMILES string of the molecule is COc1ccccc1-c1ccnc(N[C@H]2CO[C@H]3[C@@H]2OC[C@@H]3NC(=O)Nc2cccc3ccccc23)n1. The standard InChI is InChI=1S/C28H27N5O4/c1-35-24-12-5-4-10-19(24)21-13-14-29-27(30-21)31-22-15-36-26-23(16-37-25(22)26)33-28(34)32-20-11-6-8-17-7-2-3-9-18(17)20/h2-14,22-23,25-26H,15-16H2,1H3,(H,29,30,31)(H2,32,33,34)/t22-,23-,25+,26+/m0/s1. The van der Waals surface area contributed by atoms with Crippen molar-refractivity contribution >= 4 is 28.4 Å². The van der Waals surface area contributed by atoms with E-state index in [0.29, 0.717) is 19.2 Å². The van der Waals surface area contributed by atoms with Crippen LogP contribution in [-0.2, 0) is 9.47 Å². The number of ether oxygens (including phenoxy) is 3. The van der Waals surface area contributed by atoms with Gasteiger partial charge < -0.3 is 30.2 Å². The van der Waals surface area contributed by atoms with E-state index < -0.39 is 0 Å². The first kappa shape index (κ1) is 23.2. The summed E-state index contributed by atoms with van der Waals surface area (Å²) >= 11 is 0. The summed E-state index contributed by atoms with van der Waals surface area (Å²) in [5.41, 5.74) is 2.39. The van der Waals surface area contributed by atoms with E-state index >= 15 is 0 Å². The minimum absolute atomic E-state index is 0.147. The topological polar surface area (TPSA) is 107 Å². The number of carbonyl (C=O) groups excluding carboxylic acids is 1. The lowest BCUT2D eigenvalue weighted by Gasteiger charge is -2.19. The monoisotopic (exact) mass is 497 g/mol. The van der Waals surface area contributed by atoms with Crippen molar-refractivity contribution in [1.82, 2.24) is 15.3 Å². The molecule has 9 heteroatoms. The molecule has 9 nitrogen and oxygen atoms in total. The molecule has 6 rings (SSSR count). The van der Waals surface area contributed by atoms with Gasteiger partial charge in [0.25, 0.3) is 0 Å². The van der Waals surface area contributed by atoms with Gasteiger partial charge in [0.1, 0.15) is 18.0 Å². The molecular weight excluding hydrogens is 470 g/mol. The van der Waals surface area contributed by atoms with Crippen molar-refractivity contribution < 1.29 is 19.0 Å². The predicted molar refractivity (Wildman–Crippen MR) is 141 cm³/mol. The number of urea groups is 1. The number of amides is 2. The third-order valence-corrected chi connectivity index (χ3v) is 6.76. The zero-order chi connectivity index (χ0) is 25.2. The molecule has 0 spiro atoms.